The lowest BCUT2D eigenvalue weighted by Crippen LogP contribution is -2.27. The molecule has 0 aromatic heterocycles. The van der Waals surface area contributed by atoms with Crippen molar-refractivity contribution in [3.63, 3.8) is 0 Å². The van der Waals surface area contributed by atoms with E-state index in [-0.39, 0.29) is 5.56 Å². The molecule has 0 radical (unpaired) electrons. The quantitative estimate of drug-likeness (QED) is 0.727. The van der Waals surface area contributed by atoms with Gasteiger partial charge in [-0.3, -0.25) is 4.79 Å². The lowest BCUT2D eigenvalue weighted by atomic mass is 10.1. The second-order valence-corrected chi connectivity index (χ2v) is 5.79. The predicted molar refractivity (Wildman–Crippen MR) is 81.4 cm³/mol. The summed E-state index contributed by atoms with van der Waals surface area (Å²) in [7, 11) is 0. The van der Waals surface area contributed by atoms with Crippen LogP contribution in [0.5, 0.6) is 0 Å². The van der Waals surface area contributed by atoms with E-state index in [9.17, 15) is 22.4 Å². The molecule has 0 fully saturated rings. The Morgan fingerprint density at radius 3 is 2.26 bits per heavy atom. The van der Waals surface area contributed by atoms with Gasteiger partial charge in [0.1, 0.15) is 5.82 Å². The zero-order chi connectivity index (χ0) is 17.2. The van der Waals surface area contributed by atoms with E-state index in [2.05, 4.69) is 21.2 Å². The summed E-state index contributed by atoms with van der Waals surface area (Å²) < 4.78 is 50.9. The van der Waals surface area contributed by atoms with Crippen LogP contribution >= 0.6 is 15.9 Å². The normalized spacial score (nSPS) is 12.8. The molecule has 1 amide bonds. The zero-order valence-electron chi connectivity index (χ0n) is 11.9. The molecule has 0 heterocycles. The minimum Gasteiger partial charge on any atom is -0.345 e. The molecule has 2 aromatic rings. The van der Waals surface area contributed by atoms with Crippen LogP contribution in [0.3, 0.4) is 0 Å². The lowest BCUT2D eigenvalue weighted by molar-refractivity contribution is -0.137. The molecule has 0 saturated carbocycles. The van der Waals surface area contributed by atoms with Gasteiger partial charge in [-0.05, 0) is 58.7 Å². The number of hydrogen-bond donors (Lipinski definition) is 1. The molecule has 1 N–H and O–H groups in total. The smallest absolute Gasteiger partial charge is 0.345 e. The van der Waals surface area contributed by atoms with Gasteiger partial charge in [0.15, 0.2) is 0 Å². The highest BCUT2D eigenvalue weighted by atomic mass is 79.9. The Kier molecular flexibility index (Phi) is 5.09. The van der Waals surface area contributed by atoms with Crippen LogP contribution in [0, 0.1) is 5.82 Å². The molecular formula is C16H12BrF4NO. The largest absolute Gasteiger partial charge is 0.416 e. The number of hydrogen-bond acceptors (Lipinski definition) is 1. The van der Waals surface area contributed by atoms with Crippen LogP contribution in [0.15, 0.2) is 46.9 Å². The van der Waals surface area contributed by atoms with Gasteiger partial charge in [0.25, 0.3) is 5.91 Å². The van der Waals surface area contributed by atoms with E-state index in [1.807, 2.05) is 0 Å². The molecule has 0 aliphatic heterocycles. The van der Waals surface area contributed by atoms with Gasteiger partial charge in [0.05, 0.1) is 17.2 Å². The van der Waals surface area contributed by atoms with Crippen LogP contribution in [-0.4, -0.2) is 5.91 Å². The Morgan fingerprint density at radius 2 is 1.74 bits per heavy atom. The van der Waals surface area contributed by atoms with Crippen molar-refractivity contribution in [2.75, 3.05) is 0 Å². The fourth-order valence-electron chi connectivity index (χ4n) is 1.99. The second-order valence-electron chi connectivity index (χ2n) is 4.94. The topological polar surface area (TPSA) is 29.1 Å². The Hall–Kier alpha value is -1.89. The van der Waals surface area contributed by atoms with E-state index in [0.29, 0.717) is 10.0 Å². The van der Waals surface area contributed by atoms with Crippen LogP contribution in [-0.2, 0) is 6.18 Å². The molecule has 2 nitrogen and oxygen atoms in total. The number of carbonyl (C=O) groups is 1. The van der Waals surface area contributed by atoms with Crippen molar-refractivity contribution in [1.29, 1.82) is 0 Å². The summed E-state index contributed by atoms with van der Waals surface area (Å²) in [6.45, 7) is 1.65. The first-order valence-electron chi connectivity index (χ1n) is 6.61. The third kappa shape index (κ3) is 4.31. The molecule has 1 unspecified atom stereocenters. The number of carbonyl (C=O) groups excluding carboxylic acids is 1. The molecule has 0 saturated heterocycles. The first kappa shape index (κ1) is 17.5. The predicted octanol–water partition coefficient (Wildman–Crippen LogP) is 5.10. The van der Waals surface area contributed by atoms with Crippen molar-refractivity contribution in [3.8, 4) is 0 Å². The number of alkyl halides is 3. The van der Waals surface area contributed by atoms with Gasteiger partial charge in [-0.2, -0.15) is 13.2 Å². The van der Waals surface area contributed by atoms with Crippen molar-refractivity contribution < 1.29 is 22.4 Å². The van der Waals surface area contributed by atoms with E-state index in [0.717, 1.165) is 24.3 Å². The SMILES string of the molecule is CC(NC(=O)c1ccc(F)cc1Br)c1ccc(C(F)(F)F)cc1. The van der Waals surface area contributed by atoms with Crippen molar-refractivity contribution in [2.45, 2.75) is 19.1 Å². The summed E-state index contributed by atoms with van der Waals surface area (Å²) in [6.07, 6.45) is -4.40. The fourth-order valence-corrected chi connectivity index (χ4v) is 2.52. The Labute approximate surface area is 138 Å². The first-order valence-corrected chi connectivity index (χ1v) is 7.41. The van der Waals surface area contributed by atoms with Gasteiger partial charge in [0.2, 0.25) is 0 Å². The number of halogens is 5. The maximum atomic E-state index is 13.0. The molecule has 0 aliphatic rings. The van der Waals surface area contributed by atoms with Gasteiger partial charge >= 0.3 is 6.18 Å². The maximum Gasteiger partial charge on any atom is 0.416 e. The van der Waals surface area contributed by atoms with E-state index in [4.69, 9.17) is 0 Å². The molecule has 2 aromatic carbocycles. The van der Waals surface area contributed by atoms with Gasteiger partial charge in [-0.25, -0.2) is 4.39 Å². The average Bonchev–Trinajstić information content (AvgIpc) is 2.46. The molecule has 2 rings (SSSR count). The minimum atomic E-state index is -4.40. The third-order valence-electron chi connectivity index (χ3n) is 3.26. The zero-order valence-corrected chi connectivity index (χ0v) is 13.5. The van der Waals surface area contributed by atoms with Crippen LogP contribution < -0.4 is 5.32 Å². The van der Waals surface area contributed by atoms with E-state index < -0.39 is 29.5 Å². The van der Waals surface area contributed by atoms with Crippen LogP contribution in [0.4, 0.5) is 17.6 Å². The Bertz CT molecular complexity index is 713. The summed E-state index contributed by atoms with van der Waals surface area (Å²) >= 11 is 3.10. The van der Waals surface area contributed by atoms with Gasteiger partial charge < -0.3 is 5.32 Å². The second kappa shape index (κ2) is 6.70. The molecule has 122 valence electrons. The minimum absolute atomic E-state index is 0.241. The van der Waals surface area contributed by atoms with Crippen molar-refractivity contribution in [3.05, 3.63) is 69.4 Å². The maximum absolute atomic E-state index is 13.0. The Balaban J connectivity index is 2.12. The Morgan fingerprint density at radius 1 is 1.13 bits per heavy atom. The number of amides is 1. The van der Waals surface area contributed by atoms with Crippen LogP contribution in [0.2, 0.25) is 0 Å². The van der Waals surface area contributed by atoms with Crippen molar-refractivity contribution in [2.24, 2.45) is 0 Å². The number of rotatable bonds is 3. The van der Waals surface area contributed by atoms with Crippen LogP contribution in [0.25, 0.3) is 0 Å². The highest BCUT2D eigenvalue weighted by Gasteiger charge is 2.30. The lowest BCUT2D eigenvalue weighted by Gasteiger charge is -2.16. The van der Waals surface area contributed by atoms with Crippen LogP contribution in [0.1, 0.15) is 34.5 Å². The average molecular weight is 390 g/mol. The first-order chi connectivity index (χ1) is 10.7. The highest BCUT2D eigenvalue weighted by Crippen LogP contribution is 2.30. The summed E-state index contributed by atoms with van der Waals surface area (Å²) in [5.74, 6) is -0.937. The van der Waals surface area contributed by atoms with Gasteiger partial charge in [-0.1, -0.05) is 12.1 Å². The van der Waals surface area contributed by atoms with E-state index in [1.54, 1.807) is 6.92 Å². The van der Waals surface area contributed by atoms with Crippen molar-refractivity contribution >= 4 is 21.8 Å². The molecule has 1 atom stereocenters. The summed E-state index contributed by atoms with van der Waals surface area (Å²) in [4.78, 5) is 12.1. The molecule has 23 heavy (non-hydrogen) atoms. The highest BCUT2D eigenvalue weighted by molar-refractivity contribution is 9.10. The molecule has 7 heteroatoms. The molecule has 0 bridgehead atoms. The van der Waals surface area contributed by atoms with Gasteiger partial charge in [-0.15, -0.1) is 0 Å². The van der Waals surface area contributed by atoms with Gasteiger partial charge in [0, 0.05) is 4.47 Å². The standard InChI is InChI=1S/C16H12BrF4NO/c1-9(10-2-4-11(5-3-10)16(19,20)21)22-15(23)13-7-6-12(18)8-14(13)17/h2-9H,1H3,(H,22,23). The number of benzene rings is 2. The monoisotopic (exact) mass is 389 g/mol. The molecule has 0 aliphatic carbocycles. The van der Waals surface area contributed by atoms with E-state index >= 15 is 0 Å². The fraction of sp³-hybridized carbons (Fsp3) is 0.188. The number of nitrogens with one attached hydrogen (secondary N) is 1. The third-order valence-corrected chi connectivity index (χ3v) is 3.92. The van der Waals surface area contributed by atoms with E-state index in [1.165, 1.54) is 18.2 Å². The summed E-state index contributed by atoms with van der Waals surface area (Å²) in [5.41, 5.74) is 0.0239. The molecule has 0 spiro atoms. The summed E-state index contributed by atoms with van der Waals surface area (Å²) in [6, 6.07) is 7.70. The molecular weight excluding hydrogens is 378 g/mol. The van der Waals surface area contributed by atoms with Crippen molar-refractivity contribution in [1.82, 2.24) is 5.32 Å². The summed E-state index contributed by atoms with van der Waals surface area (Å²) in [5, 5.41) is 2.66.